The second-order valence-electron chi connectivity index (χ2n) is 11.2. The van der Waals surface area contributed by atoms with Crippen molar-refractivity contribution in [3.8, 4) is 6.07 Å². The molecule has 0 fully saturated rings. The van der Waals surface area contributed by atoms with Gasteiger partial charge in [0.1, 0.15) is 16.3 Å². The largest absolute Gasteiger partial charge is 0.326 e. The van der Waals surface area contributed by atoms with Gasteiger partial charge in [0.2, 0.25) is 11.8 Å². The molecule has 1 aliphatic rings. The van der Waals surface area contributed by atoms with Gasteiger partial charge in [-0.3, -0.25) is 9.59 Å². The summed E-state index contributed by atoms with van der Waals surface area (Å²) in [7, 11) is 0. The monoisotopic (exact) mass is 559 g/mol. The van der Waals surface area contributed by atoms with Crippen molar-refractivity contribution in [1.29, 1.82) is 5.26 Å². The normalized spacial score (nSPS) is 15.6. The van der Waals surface area contributed by atoms with E-state index in [1.807, 2.05) is 54.6 Å². The Kier molecular flexibility index (Phi) is 9.53. The molecule has 1 heterocycles. The first-order chi connectivity index (χ1) is 18.7. The van der Waals surface area contributed by atoms with Gasteiger partial charge in [-0.2, -0.15) is 5.26 Å². The molecule has 2 unspecified atom stereocenters. The van der Waals surface area contributed by atoms with Crippen LogP contribution in [0.2, 0.25) is 0 Å². The molecule has 0 spiro atoms. The van der Waals surface area contributed by atoms with Crippen molar-refractivity contribution in [2.45, 2.75) is 76.4 Å². The van der Waals surface area contributed by atoms with Gasteiger partial charge in [-0.1, -0.05) is 70.5 Å². The number of fused-ring (bicyclic) bond motifs is 1. The summed E-state index contributed by atoms with van der Waals surface area (Å²) in [6.07, 6.45) is 5.19. The zero-order valence-corrected chi connectivity index (χ0v) is 24.8. The first-order valence-electron chi connectivity index (χ1n) is 13.7. The summed E-state index contributed by atoms with van der Waals surface area (Å²) in [6.45, 7) is 8.89. The lowest BCUT2D eigenvalue weighted by Crippen LogP contribution is -2.26. The van der Waals surface area contributed by atoms with E-state index in [-0.39, 0.29) is 17.2 Å². The Morgan fingerprint density at radius 1 is 1.13 bits per heavy atom. The number of carbonyl (C=O) groups excluding carboxylic acids is 2. The molecule has 204 valence electrons. The van der Waals surface area contributed by atoms with Crippen molar-refractivity contribution in [2.75, 3.05) is 10.6 Å². The number of thiophene rings is 1. The second-order valence-corrected chi connectivity index (χ2v) is 13.5. The van der Waals surface area contributed by atoms with Gasteiger partial charge in [0.25, 0.3) is 0 Å². The van der Waals surface area contributed by atoms with Crippen LogP contribution in [-0.4, -0.2) is 11.8 Å². The molecule has 0 bridgehead atoms. The smallest absolute Gasteiger partial charge is 0.243 e. The first kappa shape index (κ1) is 28.9. The molecule has 3 aromatic rings. The van der Waals surface area contributed by atoms with E-state index in [1.54, 1.807) is 11.3 Å². The highest BCUT2D eigenvalue weighted by Crippen LogP contribution is 2.45. The predicted molar refractivity (Wildman–Crippen MR) is 162 cm³/mol. The van der Waals surface area contributed by atoms with Crippen LogP contribution in [0.25, 0.3) is 0 Å². The first-order valence-corrected chi connectivity index (χ1v) is 15.4. The van der Waals surface area contributed by atoms with E-state index in [4.69, 9.17) is 0 Å². The van der Waals surface area contributed by atoms with E-state index in [0.717, 1.165) is 53.8 Å². The molecule has 2 atom stereocenters. The molecule has 0 aliphatic heterocycles. The lowest BCUT2D eigenvalue weighted by molar-refractivity contribution is -0.116. The Hall–Kier alpha value is -3.08. The van der Waals surface area contributed by atoms with Gasteiger partial charge in [0, 0.05) is 21.9 Å². The van der Waals surface area contributed by atoms with Crippen LogP contribution in [0.4, 0.5) is 10.7 Å². The third-order valence-electron chi connectivity index (χ3n) is 7.31. The number of hydrogen-bond acceptors (Lipinski definition) is 5. The Labute approximate surface area is 240 Å². The Balaban J connectivity index is 1.57. The van der Waals surface area contributed by atoms with Gasteiger partial charge in [-0.05, 0) is 66.3 Å². The molecule has 5 nitrogen and oxygen atoms in total. The average Bonchev–Trinajstić information content (AvgIpc) is 3.26. The summed E-state index contributed by atoms with van der Waals surface area (Å²) in [6, 6.07) is 19.7. The van der Waals surface area contributed by atoms with Crippen LogP contribution < -0.4 is 10.6 Å². The van der Waals surface area contributed by atoms with Gasteiger partial charge < -0.3 is 10.6 Å². The van der Waals surface area contributed by atoms with E-state index in [1.165, 1.54) is 16.6 Å². The summed E-state index contributed by atoms with van der Waals surface area (Å²) in [5, 5.41) is 16.2. The Morgan fingerprint density at radius 2 is 1.90 bits per heavy atom. The van der Waals surface area contributed by atoms with Crippen LogP contribution in [0, 0.1) is 22.7 Å². The van der Waals surface area contributed by atoms with Gasteiger partial charge in [0.15, 0.2) is 0 Å². The van der Waals surface area contributed by atoms with Crippen molar-refractivity contribution in [3.63, 3.8) is 0 Å². The molecule has 0 saturated heterocycles. The summed E-state index contributed by atoms with van der Waals surface area (Å²) in [4.78, 5) is 28.2. The van der Waals surface area contributed by atoms with Crippen molar-refractivity contribution >= 4 is 45.6 Å². The highest BCUT2D eigenvalue weighted by atomic mass is 32.2. The zero-order chi connectivity index (χ0) is 28.0. The minimum Gasteiger partial charge on any atom is -0.326 e. The topological polar surface area (TPSA) is 82.0 Å². The molecule has 39 heavy (non-hydrogen) atoms. The predicted octanol–water partition coefficient (Wildman–Crippen LogP) is 8.37. The lowest BCUT2D eigenvalue weighted by Gasteiger charge is -2.33. The summed E-state index contributed by atoms with van der Waals surface area (Å²) in [5.74, 6) is 0.392. The molecule has 2 aromatic carbocycles. The maximum atomic E-state index is 13.8. The summed E-state index contributed by atoms with van der Waals surface area (Å²) in [5.41, 5.74) is 3.53. The molecule has 4 rings (SSSR count). The molecular weight excluding hydrogens is 523 g/mol. The van der Waals surface area contributed by atoms with E-state index in [9.17, 15) is 14.9 Å². The van der Waals surface area contributed by atoms with Crippen LogP contribution in [0.3, 0.4) is 0 Å². The van der Waals surface area contributed by atoms with Crippen molar-refractivity contribution in [2.24, 2.45) is 11.3 Å². The Bertz CT molecular complexity index is 1350. The highest BCUT2D eigenvalue weighted by molar-refractivity contribution is 8.00. The van der Waals surface area contributed by atoms with Gasteiger partial charge in [-0.25, -0.2) is 0 Å². The molecule has 0 radical (unpaired) electrons. The Morgan fingerprint density at radius 3 is 2.59 bits per heavy atom. The van der Waals surface area contributed by atoms with Crippen molar-refractivity contribution < 1.29 is 9.59 Å². The maximum absolute atomic E-state index is 13.8. The zero-order valence-electron chi connectivity index (χ0n) is 23.2. The number of nitrogens with one attached hydrogen (secondary N) is 2. The van der Waals surface area contributed by atoms with Gasteiger partial charge in [0.05, 0.1) is 5.56 Å². The molecule has 7 heteroatoms. The quantitative estimate of drug-likeness (QED) is 0.258. The average molecular weight is 560 g/mol. The maximum Gasteiger partial charge on any atom is 0.243 e. The number of nitriles is 1. The molecule has 1 aromatic heterocycles. The minimum absolute atomic E-state index is 0.00394. The van der Waals surface area contributed by atoms with Crippen LogP contribution in [-0.2, 0) is 22.4 Å². The molecule has 2 N–H and O–H groups in total. The molecular formula is C32H37N3O2S2. The molecule has 1 aliphatic carbocycles. The van der Waals surface area contributed by atoms with E-state index in [2.05, 4.69) is 44.4 Å². The number of anilines is 2. The fourth-order valence-corrected chi connectivity index (χ4v) is 7.32. The number of hydrogen-bond donors (Lipinski definition) is 2. The number of benzene rings is 2. The minimum atomic E-state index is -0.523. The van der Waals surface area contributed by atoms with E-state index >= 15 is 0 Å². The number of amides is 2. The summed E-state index contributed by atoms with van der Waals surface area (Å²) >= 11 is 3.00. The molecule has 2 amide bonds. The van der Waals surface area contributed by atoms with E-state index < -0.39 is 5.25 Å². The number of carbonyl (C=O) groups is 2. The lowest BCUT2D eigenvalue weighted by atomic mass is 9.72. The van der Waals surface area contributed by atoms with E-state index in [0.29, 0.717) is 22.9 Å². The van der Waals surface area contributed by atoms with Gasteiger partial charge >= 0.3 is 0 Å². The fraction of sp³-hybridized carbons (Fsp3) is 0.406. The highest BCUT2D eigenvalue weighted by Gasteiger charge is 2.33. The number of nitrogens with zero attached hydrogens (tertiary/aromatic N) is 1. The number of thioether (sulfide) groups is 1. The second kappa shape index (κ2) is 12.8. The number of unbranched alkanes of at least 4 members (excludes halogenated alkanes) is 1. The number of rotatable bonds is 9. The van der Waals surface area contributed by atoms with Crippen LogP contribution in [0.1, 0.15) is 80.2 Å². The fourth-order valence-electron chi connectivity index (χ4n) is 4.95. The van der Waals surface area contributed by atoms with Crippen LogP contribution in [0.5, 0.6) is 0 Å². The summed E-state index contributed by atoms with van der Waals surface area (Å²) < 4.78 is 0. The van der Waals surface area contributed by atoms with Gasteiger partial charge in [-0.15, -0.1) is 23.1 Å². The standard InChI is InChI=1S/C32H37N3O2S2/c1-5-6-15-28(36)34-23-13-10-14-24(19-23)38-29(21-11-8-7-9-12-21)30(37)35-31-26(20-33)25-17-16-22(32(2,3)4)18-27(25)39-31/h7-14,19,22,29H,5-6,15-18H2,1-4H3,(H,34,36)(H,35,37). The van der Waals surface area contributed by atoms with Crippen LogP contribution >= 0.6 is 23.1 Å². The molecule has 0 saturated carbocycles. The third kappa shape index (κ3) is 7.32. The SMILES string of the molecule is CCCCC(=O)Nc1cccc(SC(C(=O)Nc2sc3c(c2C#N)CCC(C(C)(C)C)C3)c2ccccc2)c1. The van der Waals surface area contributed by atoms with Crippen molar-refractivity contribution in [1.82, 2.24) is 0 Å². The van der Waals surface area contributed by atoms with Crippen LogP contribution in [0.15, 0.2) is 59.5 Å². The van der Waals surface area contributed by atoms with Crippen molar-refractivity contribution in [3.05, 3.63) is 76.2 Å². The third-order valence-corrected chi connectivity index (χ3v) is 9.73.